The van der Waals surface area contributed by atoms with Crippen molar-refractivity contribution in [2.24, 2.45) is 0 Å². The second-order valence-electron chi connectivity index (χ2n) is 3.92. The van der Waals surface area contributed by atoms with Crippen molar-refractivity contribution >= 4 is 11.8 Å². The fourth-order valence-corrected chi connectivity index (χ4v) is 1.82. The summed E-state index contributed by atoms with van der Waals surface area (Å²) in [7, 11) is 0. The van der Waals surface area contributed by atoms with Gasteiger partial charge in [0, 0.05) is 23.1 Å². The van der Waals surface area contributed by atoms with Crippen LogP contribution < -0.4 is 5.32 Å². The minimum Gasteiger partial charge on any atom is -0.312 e. The molecule has 0 fully saturated rings. The molecule has 1 aromatic rings. The summed E-state index contributed by atoms with van der Waals surface area (Å²) in [5.74, 6) is 0. The predicted octanol–water partition coefficient (Wildman–Crippen LogP) is 2.26. The summed E-state index contributed by atoms with van der Waals surface area (Å²) in [6, 6.07) is 0. The van der Waals surface area contributed by atoms with Crippen molar-refractivity contribution in [3.63, 3.8) is 0 Å². The molecule has 0 radical (unpaired) electrons. The van der Waals surface area contributed by atoms with Crippen LogP contribution in [0, 0.1) is 13.8 Å². The average molecular weight is 227 g/mol. The molecule has 1 aromatic heterocycles. The van der Waals surface area contributed by atoms with Gasteiger partial charge < -0.3 is 5.32 Å². The Labute approximate surface area is 96.4 Å². The number of aromatic nitrogens is 2. The van der Waals surface area contributed by atoms with Crippen molar-refractivity contribution in [3.8, 4) is 0 Å². The molecule has 1 rings (SSSR count). The first-order chi connectivity index (χ1) is 7.15. The maximum Gasteiger partial charge on any atom is 0.0638 e. The number of nitrogens with one attached hydrogen (secondary N) is 2. The van der Waals surface area contributed by atoms with Crippen molar-refractivity contribution in [1.82, 2.24) is 15.5 Å². The molecule has 0 aliphatic rings. The predicted molar refractivity (Wildman–Crippen MR) is 67.4 cm³/mol. The Hall–Kier alpha value is -0.480. The molecule has 4 heteroatoms. The van der Waals surface area contributed by atoms with E-state index in [-0.39, 0.29) is 0 Å². The number of aromatic amines is 1. The SMILES string of the molecule is CSC(C)CCNCc1c(C)n[nH]c1C. The van der Waals surface area contributed by atoms with Crippen LogP contribution in [0.15, 0.2) is 0 Å². The molecule has 0 bridgehead atoms. The minimum atomic E-state index is 0.740. The summed E-state index contributed by atoms with van der Waals surface area (Å²) in [5.41, 5.74) is 3.60. The Bertz CT molecular complexity index is 277. The summed E-state index contributed by atoms with van der Waals surface area (Å²) in [4.78, 5) is 0. The van der Waals surface area contributed by atoms with E-state index >= 15 is 0 Å². The van der Waals surface area contributed by atoms with Gasteiger partial charge in [0.15, 0.2) is 0 Å². The van der Waals surface area contributed by atoms with Gasteiger partial charge in [0.1, 0.15) is 0 Å². The zero-order chi connectivity index (χ0) is 11.3. The quantitative estimate of drug-likeness (QED) is 0.732. The van der Waals surface area contributed by atoms with Crippen molar-refractivity contribution in [2.75, 3.05) is 12.8 Å². The highest BCUT2D eigenvalue weighted by atomic mass is 32.2. The molecule has 3 nitrogen and oxygen atoms in total. The van der Waals surface area contributed by atoms with E-state index < -0.39 is 0 Å². The second-order valence-corrected chi connectivity index (χ2v) is 5.20. The largest absolute Gasteiger partial charge is 0.312 e. The lowest BCUT2D eigenvalue weighted by Gasteiger charge is -2.09. The van der Waals surface area contributed by atoms with E-state index in [4.69, 9.17) is 0 Å². The second kappa shape index (κ2) is 6.18. The lowest BCUT2D eigenvalue weighted by Crippen LogP contribution is -2.18. The maximum atomic E-state index is 4.18. The molecule has 0 aliphatic carbocycles. The van der Waals surface area contributed by atoms with Gasteiger partial charge >= 0.3 is 0 Å². The van der Waals surface area contributed by atoms with Gasteiger partial charge in [-0.15, -0.1) is 0 Å². The van der Waals surface area contributed by atoms with Crippen LogP contribution in [0.3, 0.4) is 0 Å². The van der Waals surface area contributed by atoms with E-state index in [9.17, 15) is 0 Å². The summed E-state index contributed by atoms with van der Waals surface area (Å²) in [5, 5.41) is 11.4. The monoisotopic (exact) mass is 227 g/mol. The maximum absolute atomic E-state index is 4.18. The number of rotatable bonds is 6. The van der Waals surface area contributed by atoms with Crippen LogP contribution in [0.2, 0.25) is 0 Å². The summed E-state index contributed by atoms with van der Waals surface area (Å²) in [6.45, 7) is 8.38. The molecule has 0 aliphatic heterocycles. The third-order valence-corrected chi connectivity index (χ3v) is 3.75. The smallest absolute Gasteiger partial charge is 0.0638 e. The van der Waals surface area contributed by atoms with Gasteiger partial charge in [-0.3, -0.25) is 5.10 Å². The fourth-order valence-electron chi connectivity index (χ4n) is 1.47. The lowest BCUT2D eigenvalue weighted by molar-refractivity contribution is 0.645. The Kier molecular flexibility index (Phi) is 5.19. The van der Waals surface area contributed by atoms with E-state index in [1.54, 1.807) is 0 Å². The third kappa shape index (κ3) is 3.87. The van der Waals surface area contributed by atoms with E-state index in [1.807, 2.05) is 18.7 Å². The van der Waals surface area contributed by atoms with Gasteiger partial charge in [-0.05, 0) is 33.1 Å². The fraction of sp³-hybridized carbons (Fsp3) is 0.727. The molecular formula is C11H21N3S. The normalized spacial score (nSPS) is 13.1. The Morgan fingerprint density at radius 2 is 2.20 bits per heavy atom. The number of H-pyrrole nitrogens is 1. The summed E-state index contributed by atoms with van der Waals surface area (Å²) in [6.07, 6.45) is 3.38. The molecule has 1 atom stereocenters. The molecule has 2 N–H and O–H groups in total. The summed E-state index contributed by atoms with van der Waals surface area (Å²) >= 11 is 1.92. The molecule has 0 amide bonds. The van der Waals surface area contributed by atoms with Crippen molar-refractivity contribution < 1.29 is 0 Å². The standard InChI is InChI=1S/C11H21N3S/c1-8(15-4)5-6-12-7-11-9(2)13-14-10(11)3/h8,12H,5-7H2,1-4H3,(H,13,14). The Morgan fingerprint density at radius 1 is 1.47 bits per heavy atom. The van der Waals surface area contributed by atoms with Crippen LogP contribution in [0.5, 0.6) is 0 Å². The molecule has 1 heterocycles. The van der Waals surface area contributed by atoms with Gasteiger partial charge in [0.05, 0.1) is 5.69 Å². The molecule has 0 saturated carbocycles. The van der Waals surface area contributed by atoms with Gasteiger partial charge in [-0.1, -0.05) is 6.92 Å². The van der Waals surface area contributed by atoms with Crippen molar-refractivity contribution in [2.45, 2.75) is 39.0 Å². The number of thioether (sulfide) groups is 1. The van der Waals surface area contributed by atoms with Crippen molar-refractivity contribution in [1.29, 1.82) is 0 Å². The number of hydrogen-bond donors (Lipinski definition) is 2. The minimum absolute atomic E-state index is 0.740. The molecule has 0 saturated heterocycles. The van der Waals surface area contributed by atoms with E-state index in [2.05, 4.69) is 35.6 Å². The van der Waals surface area contributed by atoms with Gasteiger partial charge in [-0.2, -0.15) is 16.9 Å². The van der Waals surface area contributed by atoms with Crippen LogP contribution in [0.1, 0.15) is 30.3 Å². The van der Waals surface area contributed by atoms with Crippen molar-refractivity contribution in [3.05, 3.63) is 17.0 Å². The number of hydrogen-bond acceptors (Lipinski definition) is 3. The van der Waals surface area contributed by atoms with E-state index in [0.717, 1.165) is 24.0 Å². The third-order valence-electron chi connectivity index (χ3n) is 2.71. The Morgan fingerprint density at radius 3 is 2.73 bits per heavy atom. The highest BCUT2D eigenvalue weighted by Gasteiger charge is 2.05. The molecule has 1 unspecified atom stereocenters. The number of nitrogens with zero attached hydrogens (tertiary/aromatic N) is 1. The van der Waals surface area contributed by atoms with E-state index in [1.165, 1.54) is 17.7 Å². The lowest BCUT2D eigenvalue weighted by atomic mass is 10.2. The highest BCUT2D eigenvalue weighted by molar-refractivity contribution is 7.99. The first-order valence-corrected chi connectivity index (χ1v) is 6.68. The molecule has 15 heavy (non-hydrogen) atoms. The first-order valence-electron chi connectivity index (χ1n) is 5.39. The summed E-state index contributed by atoms with van der Waals surface area (Å²) < 4.78 is 0. The zero-order valence-electron chi connectivity index (χ0n) is 10.1. The topological polar surface area (TPSA) is 40.7 Å². The van der Waals surface area contributed by atoms with Gasteiger partial charge in [-0.25, -0.2) is 0 Å². The molecule has 0 aromatic carbocycles. The molecule has 0 spiro atoms. The van der Waals surface area contributed by atoms with Gasteiger partial charge in [0.25, 0.3) is 0 Å². The van der Waals surface area contributed by atoms with Gasteiger partial charge in [0.2, 0.25) is 0 Å². The first kappa shape index (κ1) is 12.6. The molecule has 86 valence electrons. The van der Waals surface area contributed by atoms with Crippen LogP contribution in [0.25, 0.3) is 0 Å². The average Bonchev–Trinajstić information content (AvgIpc) is 2.54. The number of aryl methyl sites for hydroxylation is 2. The Balaban J connectivity index is 2.26. The van der Waals surface area contributed by atoms with Crippen LogP contribution >= 0.6 is 11.8 Å². The van der Waals surface area contributed by atoms with Crippen LogP contribution in [-0.2, 0) is 6.54 Å². The van der Waals surface area contributed by atoms with Crippen LogP contribution in [-0.4, -0.2) is 28.2 Å². The van der Waals surface area contributed by atoms with E-state index in [0.29, 0.717) is 0 Å². The highest BCUT2D eigenvalue weighted by Crippen LogP contribution is 2.10. The van der Waals surface area contributed by atoms with Crippen LogP contribution in [0.4, 0.5) is 0 Å². The zero-order valence-corrected chi connectivity index (χ0v) is 10.9. The molecular weight excluding hydrogens is 206 g/mol.